The molecule has 3 heteroatoms. The maximum atomic E-state index is 9.63. The van der Waals surface area contributed by atoms with Crippen molar-refractivity contribution in [3.63, 3.8) is 0 Å². The third-order valence-electron chi connectivity index (χ3n) is 2.27. The number of benzene rings is 1. The van der Waals surface area contributed by atoms with Gasteiger partial charge in [0.05, 0.1) is 0 Å². The van der Waals surface area contributed by atoms with Gasteiger partial charge in [0.25, 0.3) is 0 Å². The van der Waals surface area contributed by atoms with Crippen LogP contribution in [0.1, 0.15) is 31.7 Å². The van der Waals surface area contributed by atoms with Gasteiger partial charge in [0.15, 0.2) is 0 Å². The van der Waals surface area contributed by atoms with E-state index >= 15 is 0 Å². The summed E-state index contributed by atoms with van der Waals surface area (Å²) >= 11 is 8.62. The predicted octanol–water partition coefficient (Wildman–Crippen LogP) is 3.70. The normalized spacial score (nSPS) is 10.5. The summed E-state index contributed by atoms with van der Waals surface area (Å²) in [6.07, 6.45) is 4.34. The number of hydrogen-bond donors (Lipinski definition) is 3. The van der Waals surface area contributed by atoms with Crippen molar-refractivity contribution in [3.8, 4) is 5.75 Å². The van der Waals surface area contributed by atoms with E-state index in [4.69, 9.17) is 0 Å². The van der Waals surface area contributed by atoms with Gasteiger partial charge in [0.2, 0.25) is 0 Å². The molecule has 1 aromatic carbocycles. The average Bonchev–Trinajstić information content (AvgIpc) is 2.18. The summed E-state index contributed by atoms with van der Waals surface area (Å²) in [4.78, 5) is 1.64. The van der Waals surface area contributed by atoms with Gasteiger partial charge in [-0.1, -0.05) is 19.8 Å². The molecular formula is C11H16OS2. The fourth-order valence-electron chi connectivity index (χ4n) is 1.41. The number of phenolic OH excluding ortho intramolecular Hbond substituents is 1. The minimum absolute atomic E-state index is 0.337. The fraction of sp³-hybridized carbons (Fsp3) is 0.455. The molecule has 0 aliphatic carbocycles. The molecule has 0 aromatic heterocycles. The lowest BCUT2D eigenvalue weighted by Gasteiger charge is -2.09. The zero-order valence-electron chi connectivity index (χ0n) is 8.32. The summed E-state index contributed by atoms with van der Waals surface area (Å²) in [5.41, 5.74) is 0.925. The molecule has 1 nitrogen and oxygen atoms in total. The van der Waals surface area contributed by atoms with Crippen molar-refractivity contribution in [1.29, 1.82) is 0 Å². The number of hydrogen-bond acceptors (Lipinski definition) is 3. The van der Waals surface area contributed by atoms with Crippen molar-refractivity contribution in [2.75, 3.05) is 0 Å². The van der Waals surface area contributed by atoms with Crippen molar-refractivity contribution in [2.24, 2.45) is 0 Å². The largest absolute Gasteiger partial charge is 0.508 e. The monoisotopic (exact) mass is 228 g/mol. The lowest BCUT2D eigenvalue weighted by atomic mass is 10.1. The molecule has 14 heavy (non-hydrogen) atoms. The van der Waals surface area contributed by atoms with E-state index in [0.29, 0.717) is 5.75 Å². The Hall–Kier alpha value is -0.280. The third-order valence-corrected chi connectivity index (χ3v) is 3.33. The molecule has 0 amide bonds. The summed E-state index contributed by atoms with van der Waals surface area (Å²) in [6, 6.07) is 3.45. The highest BCUT2D eigenvalue weighted by atomic mass is 32.1. The Morgan fingerprint density at radius 3 is 2.57 bits per heavy atom. The second-order valence-corrected chi connectivity index (χ2v) is 4.32. The molecule has 0 heterocycles. The van der Waals surface area contributed by atoms with E-state index in [2.05, 4.69) is 32.2 Å². The molecule has 78 valence electrons. The Labute approximate surface area is 96.4 Å². The zero-order valence-corrected chi connectivity index (χ0v) is 10.1. The smallest absolute Gasteiger partial charge is 0.119 e. The van der Waals surface area contributed by atoms with Crippen molar-refractivity contribution < 1.29 is 5.11 Å². The van der Waals surface area contributed by atoms with Gasteiger partial charge >= 0.3 is 0 Å². The highest BCUT2D eigenvalue weighted by Gasteiger charge is 2.07. The molecule has 1 rings (SSSR count). The van der Waals surface area contributed by atoms with Gasteiger partial charge < -0.3 is 5.11 Å². The minimum atomic E-state index is 0.337. The van der Waals surface area contributed by atoms with Crippen LogP contribution in [0.5, 0.6) is 5.75 Å². The highest BCUT2D eigenvalue weighted by molar-refractivity contribution is 7.83. The quantitative estimate of drug-likeness (QED) is 0.530. The minimum Gasteiger partial charge on any atom is -0.508 e. The molecule has 0 saturated carbocycles. The van der Waals surface area contributed by atoms with E-state index < -0.39 is 0 Å². The summed E-state index contributed by atoms with van der Waals surface area (Å²) in [5.74, 6) is 0.337. The Bertz CT molecular complexity index is 310. The maximum absolute atomic E-state index is 9.63. The topological polar surface area (TPSA) is 20.2 Å². The number of phenols is 1. The maximum Gasteiger partial charge on any atom is 0.119 e. The fourth-order valence-corrected chi connectivity index (χ4v) is 1.92. The van der Waals surface area contributed by atoms with Crippen LogP contribution in [-0.2, 0) is 6.42 Å². The van der Waals surface area contributed by atoms with Crippen molar-refractivity contribution in [2.45, 2.75) is 42.4 Å². The van der Waals surface area contributed by atoms with Crippen LogP contribution < -0.4 is 0 Å². The first-order chi connectivity index (χ1) is 6.66. The Balaban J connectivity index is 2.79. The molecule has 1 aromatic rings. The van der Waals surface area contributed by atoms with Gasteiger partial charge in [0, 0.05) is 15.4 Å². The van der Waals surface area contributed by atoms with Gasteiger partial charge in [-0.05, 0) is 25.0 Å². The molecule has 0 spiro atoms. The Morgan fingerprint density at radius 2 is 1.93 bits per heavy atom. The van der Waals surface area contributed by atoms with Gasteiger partial charge in [-0.25, -0.2) is 0 Å². The summed E-state index contributed by atoms with van der Waals surface area (Å²) < 4.78 is 0. The molecule has 0 unspecified atom stereocenters. The standard InChI is InChI=1S/C11H16OS2/c1-2-3-4-5-8-9(12)6-7-10(13)11(8)14/h6-7,12-14H,2-5H2,1H3. The number of aromatic hydroxyl groups is 1. The van der Waals surface area contributed by atoms with Crippen LogP contribution in [-0.4, -0.2) is 5.11 Å². The van der Waals surface area contributed by atoms with E-state index in [1.54, 1.807) is 12.1 Å². The number of unbranched alkanes of at least 4 members (excludes halogenated alkanes) is 2. The van der Waals surface area contributed by atoms with E-state index in [-0.39, 0.29) is 0 Å². The summed E-state index contributed by atoms with van der Waals surface area (Å²) in [7, 11) is 0. The first-order valence-corrected chi connectivity index (χ1v) is 5.79. The van der Waals surface area contributed by atoms with Crippen LogP contribution in [0.3, 0.4) is 0 Å². The first kappa shape index (κ1) is 11.8. The van der Waals surface area contributed by atoms with Crippen LogP contribution in [0.4, 0.5) is 0 Å². The molecule has 0 atom stereocenters. The zero-order chi connectivity index (χ0) is 10.6. The molecule has 0 bridgehead atoms. The summed E-state index contributed by atoms with van der Waals surface area (Å²) in [5, 5.41) is 9.63. The number of rotatable bonds is 4. The lowest BCUT2D eigenvalue weighted by Crippen LogP contribution is -1.90. The van der Waals surface area contributed by atoms with E-state index in [9.17, 15) is 5.11 Å². The average molecular weight is 228 g/mol. The van der Waals surface area contributed by atoms with Crippen molar-refractivity contribution in [3.05, 3.63) is 17.7 Å². The predicted molar refractivity (Wildman–Crippen MR) is 65.8 cm³/mol. The molecular weight excluding hydrogens is 212 g/mol. The highest BCUT2D eigenvalue weighted by Crippen LogP contribution is 2.31. The van der Waals surface area contributed by atoms with Crippen LogP contribution in [0.25, 0.3) is 0 Å². The molecule has 0 aliphatic heterocycles. The van der Waals surface area contributed by atoms with E-state index in [1.165, 1.54) is 12.8 Å². The van der Waals surface area contributed by atoms with Gasteiger partial charge in [-0.3, -0.25) is 0 Å². The van der Waals surface area contributed by atoms with Crippen LogP contribution in [0, 0.1) is 0 Å². The number of thiol groups is 2. The Morgan fingerprint density at radius 1 is 1.21 bits per heavy atom. The van der Waals surface area contributed by atoms with Crippen LogP contribution in [0.2, 0.25) is 0 Å². The van der Waals surface area contributed by atoms with E-state index in [1.807, 2.05) is 0 Å². The second-order valence-electron chi connectivity index (χ2n) is 3.39. The lowest BCUT2D eigenvalue weighted by molar-refractivity contribution is 0.463. The van der Waals surface area contributed by atoms with Crippen LogP contribution >= 0.6 is 25.3 Å². The third kappa shape index (κ3) is 2.85. The van der Waals surface area contributed by atoms with Crippen LogP contribution in [0.15, 0.2) is 21.9 Å². The molecule has 0 radical (unpaired) electrons. The van der Waals surface area contributed by atoms with Gasteiger partial charge in [0.1, 0.15) is 5.75 Å². The molecule has 1 N–H and O–H groups in total. The van der Waals surface area contributed by atoms with Crippen molar-refractivity contribution in [1.82, 2.24) is 0 Å². The molecule has 0 aliphatic rings. The molecule has 0 saturated heterocycles. The first-order valence-electron chi connectivity index (χ1n) is 4.89. The van der Waals surface area contributed by atoms with Gasteiger partial charge in [-0.15, -0.1) is 25.3 Å². The summed E-state index contributed by atoms with van der Waals surface area (Å²) in [6.45, 7) is 2.16. The van der Waals surface area contributed by atoms with Gasteiger partial charge in [-0.2, -0.15) is 0 Å². The van der Waals surface area contributed by atoms with Crippen molar-refractivity contribution >= 4 is 25.3 Å². The van der Waals surface area contributed by atoms with E-state index in [0.717, 1.165) is 28.2 Å². The second kappa shape index (κ2) is 5.56. The Kier molecular flexibility index (Phi) is 4.69. The SMILES string of the molecule is CCCCCc1c(O)ccc(S)c1S. The molecule has 0 fully saturated rings.